The average Bonchev–Trinajstić information content (AvgIpc) is 3.40. The number of allylic oxidation sites excluding steroid dienone is 12. The number of unbranched alkanes of at least 4 members (excludes halogenated alkanes) is 40. The molecule has 5 nitrogen and oxygen atoms in total. The highest BCUT2D eigenvalue weighted by atomic mass is 16.6. The zero-order chi connectivity index (χ0) is 53.4. The first kappa shape index (κ1) is 71.3. The molecule has 74 heavy (non-hydrogen) atoms. The van der Waals surface area contributed by atoms with Crippen molar-refractivity contribution in [3.05, 3.63) is 72.9 Å². The second kappa shape index (κ2) is 64.6. The van der Waals surface area contributed by atoms with Crippen LogP contribution in [0, 0.1) is 0 Å². The minimum absolute atomic E-state index is 0.0737. The zero-order valence-corrected chi connectivity index (χ0v) is 49.4. The van der Waals surface area contributed by atoms with Crippen molar-refractivity contribution in [2.75, 3.05) is 13.2 Å². The highest BCUT2D eigenvalue weighted by Crippen LogP contribution is 2.18. The summed E-state index contributed by atoms with van der Waals surface area (Å²) in [7, 11) is 0. The molecule has 0 aliphatic carbocycles. The SMILES string of the molecule is CC/C=C\C/C=C\C/C=C\C/C=C\C/C=C\CCCCCCCC(=O)OC(CO)COC(=O)CCCCCCCCCCCCCCCCCCCCCCCCCCCCC/C=C\CCCCCCCCCC. The van der Waals surface area contributed by atoms with Crippen LogP contribution in [-0.2, 0) is 19.1 Å². The van der Waals surface area contributed by atoms with Crippen molar-refractivity contribution in [2.45, 2.75) is 341 Å². The number of aliphatic hydroxyl groups excluding tert-OH is 1. The molecule has 0 aromatic carbocycles. The van der Waals surface area contributed by atoms with E-state index >= 15 is 0 Å². The molecule has 0 fully saturated rings. The van der Waals surface area contributed by atoms with E-state index in [1.54, 1.807) is 0 Å². The number of carbonyl (C=O) groups excluding carboxylic acids is 2. The molecule has 0 saturated carbocycles. The van der Waals surface area contributed by atoms with E-state index in [0.29, 0.717) is 12.8 Å². The third-order valence-corrected chi connectivity index (χ3v) is 14.5. The summed E-state index contributed by atoms with van der Waals surface area (Å²) in [5.74, 6) is -0.602. The van der Waals surface area contributed by atoms with Crippen LogP contribution in [0.5, 0.6) is 0 Å². The Morgan fingerprint density at radius 2 is 0.581 bits per heavy atom. The maximum Gasteiger partial charge on any atom is 0.306 e. The number of esters is 2. The fraction of sp³-hybridized carbons (Fsp3) is 0.797. The Bertz CT molecular complexity index is 1310. The van der Waals surface area contributed by atoms with Crippen molar-refractivity contribution in [1.82, 2.24) is 0 Å². The zero-order valence-electron chi connectivity index (χ0n) is 49.4. The summed E-state index contributed by atoms with van der Waals surface area (Å²) in [4.78, 5) is 24.6. The van der Waals surface area contributed by atoms with E-state index in [0.717, 1.165) is 89.9 Å². The van der Waals surface area contributed by atoms with E-state index in [1.807, 2.05) is 0 Å². The van der Waals surface area contributed by atoms with E-state index in [9.17, 15) is 14.7 Å². The summed E-state index contributed by atoms with van der Waals surface area (Å²) in [6.45, 7) is 4.04. The first-order chi connectivity index (χ1) is 36.6. The minimum Gasteiger partial charge on any atom is -0.462 e. The molecule has 0 aromatic heterocycles. The van der Waals surface area contributed by atoms with Crippen LogP contribution >= 0.6 is 0 Å². The Balaban J connectivity index is 3.41. The van der Waals surface area contributed by atoms with Crippen LogP contribution in [0.2, 0.25) is 0 Å². The smallest absolute Gasteiger partial charge is 0.306 e. The standard InChI is InChI=1S/C69H124O5/c1-3-5-7-9-11-13-15-17-19-21-23-25-26-27-28-29-30-31-32-33-34-35-36-37-38-39-40-41-42-44-45-47-49-51-53-55-57-59-61-63-68(71)73-66-67(65-70)74-69(72)64-62-60-58-56-54-52-50-48-46-43-24-22-20-18-16-14-12-10-8-6-4-2/h6,8,12,14,18,20-21,23-24,43,48,50,67,70H,3-5,7,9-11,13,15-17,19,22,25-42,44-47,49,51-66H2,1-2H3/b8-6-,14-12-,20-18-,23-21-,43-24-,50-48-. The molecule has 0 aliphatic heterocycles. The van der Waals surface area contributed by atoms with Gasteiger partial charge in [0.2, 0.25) is 0 Å². The maximum absolute atomic E-state index is 12.3. The van der Waals surface area contributed by atoms with Crippen LogP contribution in [0.1, 0.15) is 335 Å². The molecule has 0 amide bonds. The molecular weight excluding hydrogens is 909 g/mol. The lowest BCUT2D eigenvalue weighted by Crippen LogP contribution is -2.28. The number of carbonyl (C=O) groups is 2. The lowest BCUT2D eigenvalue weighted by Gasteiger charge is -2.15. The van der Waals surface area contributed by atoms with Gasteiger partial charge in [-0.3, -0.25) is 9.59 Å². The Kier molecular flexibility index (Phi) is 62.3. The van der Waals surface area contributed by atoms with Crippen molar-refractivity contribution >= 4 is 11.9 Å². The van der Waals surface area contributed by atoms with Crippen molar-refractivity contribution in [2.24, 2.45) is 0 Å². The first-order valence-corrected chi connectivity index (χ1v) is 32.5. The topological polar surface area (TPSA) is 72.8 Å². The third-order valence-electron chi connectivity index (χ3n) is 14.5. The molecule has 0 aliphatic rings. The molecule has 0 saturated heterocycles. The van der Waals surface area contributed by atoms with E-state index in [4.69, 9.17) is 9.47 Å². The summed E-state index contributed by atoms with van der Waals surface area (Å²) in [6, 6.07) is 0. The first-order valence-electron chi connectivity index (χ1n) is 32.5. The number of hydrogen-bond acceptors (Lipinski definition) is 5. The van der Waals surface area contributed by atoms with Gasteiger partial charge in [-0.15, -0.1) is 0 Å². The van der Waals surface area contributed by atoms with Crippen LogP contribution in [-0.4, -0.2) is 36.4 Å². The van der Waals surface area contributed by atoms with Crippen molar-refractivity contribution < 1.29 is 24.2 Å². The van der Waals surface area contributed by atoms with Crippen LogP contribution in [0.4, 0.5) is 0 Å². The molecule has 0 rings (SSSR count). The molecule has 0 radical (unpaired) electrons. The summed E-state index contributed by atoms with van der Waals surface area (Å²) < 4.78 is 10.7. The molecule has 1 atom stereocenters. The Morgan fingerprint density at radius 3 is 0.892 bits per heavy atom. The minimum atomic E-state index is -0.786. The largest absolute Gasteiger partial charge is 0.462 e. The second-order valence-corrected chi connectivity index (χ2v) is 21.8. The van der Waals surface area contributed by atoms with Gasteiger partial charge in [0.05, 0.1) is 6.61 Å². The molecular formula is C69H124O5. The molecule has 5 heteroatoms. The van der Waals surface area contributed by atoms with Crippen LogP contribution in [0.3, 0.4) is 0 Å². The van der Waals surface area contributed by atoms with Gasteiger partial charge in [-0.1, -0.05) is 311 Å². The highest BCUT2D eigenvalue weighted by molar-refractivity contribution is 5.70. The lowest BCUT2D eigenvalue weighted by molar-refractivity contribution is -0.161. The number of ether oxygens (including phenoxy) is 2. The summed E-state index contributed by atoms with van der Waals surface area (Å²) in [5, 5.41) is 9.66. The van der Waals surface area contributed by atoms with Gasteiger partial charge in [-0.25, -0.2) is 0 Å². The Morgan fingerprint density at radius 1 is 0.324 bits per heavy atom. The number of rotatable bonds is 60. The molecule has 0 aromatic rings. The van der Waals surface area contributed by atoms with Gasteiger partial charge < -0.3 is 14.6 Å². The van der Waals surface area contributed by atoms with E-state index < -0.39 is 6.10 Å². The molecule has 1 unspecified atom stereocenters. The van der Waals surface area contributed by atoms with Crippen LogP contribution in [0.15, 0.2) is 72.9 Å². The van der Waals surface area contributed by atoms with Crippen LogP contribution in [0.25, 0.3) is 0 Å². The summed E-state index contributed by atoms with van der Waals surface area (Å²) >= 11 is 0. The quantitative estimate of drug-likeness (QED) is 0.0373. The van der Waals surface area contributed by atoms with Gasteiger partial charge in [-0.05, 0) is 83.5 Å². The van der Waals surface area contributed by atoms with E-state index in [-0.39, 0.29) is 25.2 Å². The molecule has 0 spiro atoms. The molecule has 1 N–H and O–H groups in total. The Labute approximate surface area is 461 Å². The average molecular weight is 1030 g/mol. The second-order valence-electron chi connectivity index (χ2n) is 21.8. The lowest BCUT2D eigenvalue weighted by atomic mass is 10.0. The molecule has 0 heterocycles. The predicted octanol–water partition coefficient (Wildman–Crippen LogP) is 22.3. The fourth-order valence-electron chi connectivity index (χ4n) is 9.64. The fourth-order valence-corrected chi connectivity index (χ4v) is 9.64. The third kappa shape index (κ3) is 61.9. The van der Waals surface area contributed by atoms with Gasteiger partial charge in [0.25, 0.3) is 0 Å². The van der Waals surface area contributed by atoms with Gasteiger partial charge in [0, 0.05) is 12.8 Å². The van der Waals surface area contributed by atoms with Crippen molar-refractivity contribution in [3.63, 3.8) is 0 Å². The monoisotopic (exact) mass is 1030 g/mol. The number of aliphatic hydroxyl groups is 1. The van der Waals surface area contributed by atoms with Gasteiger partial charge in [0.1, 0.15) is 6.61 Å². The van der Waals surface area contributed by atoms with E-state index in [2.05, 4.69) is 86.8 Å². The van der Waals surface area contributed by atoms with Gasteiger partial charge in [-0.2, -0.15) is 0 Å². The Hall–Kier alpha value is -2.66. The molecule has 430 valence electrons. The van der Waals surface area contributed by atoms with Crippen molar-refractivity contribution in [3.8, 4) is 0 Å². The molecule has 0 bridgehead atoms. The summed E-state index contributed by atoms with van der Waals surface area (Å²) in [6.07, 6.45) is 89.3. The highest BCUT2D eigenvalue weighted by Gasteiger charge is 2.16. The van der Waals surface area contributed by atoms with Gasteiger partial charge >= 0.3 is 11.9 Å². The predicted molar refractivity (Wildman–Crippen MR) is 325 cm³/mol. The normalized spacial score (nSPS) is 12.6. The van der Waals surface area contributed by atoms with Crippen molar-refractivity contribution in [1.29, 1.82) is 0 Å². The van der Waals surface area contributed by atoms with E-state index in [1.165, 1.54) is 218 Å². The van der Waals surface area contributed by atoms with Crippen LogP contribution < -0.4 is 0 Å². The maximum atomic E-state index is 12.3. The summed E-state index contributed by atoms with van der Waals surface area (Å²) in [5.41, 5.74) is 0. The number of hydrogen-bond donors (Lipinski definition) is 1. The van der Waals surface area contributed by atoms with Gasteiger partial charge in [0.15, 0.2) is 6.10 Å².